The van der Waals surface area contributed by atoms with Crippen molar-refractivity contribution in [3.8, 4) is 5.75 Å². The summed E-state index contributed by atoms with van der Waals surface area (Å²) < 4.78 is 11.1. The molecule has 1 aromatic heterocycles. The van der Waals surface area contributed by atoms with Gasteiger partial charge in [-0.15, -0.1) is 0 Å². The molecule has 5 nitrogen and oxygen atoms in total. The van der Waals surface area contributed by atoms with Gasteiger partial charge in [-0.2, -0.15) is 0 Å². The fourth-order valence-electron chi connectivity index (χ4n) is 2.01. The molecule has 102 valence electrons. The van der Waals surface area contributed by atoms with Crippen LogP contribution >= 0.6 is 0 Å². The summed E-state index contributed by atoms with van der Waals surface area (Å²) in [6.45, 7) is 2.76. The van der Waals surface area contributed by atoms with Gasteiger partial charge in [-0.3, -0.25) is 4.79 Å². The maximum absolute atomic E-state index is 10.8. The highest BCUT2D eigenvalue weighted by Gasteiger charge is 2.18. The van der Waals surface area contributed by atoms with Crippen molar-refractivity contribution >= 4 is 16.9 Å². The van der Waals surface area contributed by atoms with Gasteiger partial charge in [0.2, 0.25) is 0 Å². The van der Waals surface area contributed by atoms with Crippen molar-refractivity contribution in [2.45, 2.75) is 19.3 Å². The smallest absolute Gasteiger partial charge is 0.304 e. The lowest BCUT2D eigenvalue weighted by Gasteiger charge is -2.07. The Bertz CT molecular complexity index is 576. The largest absolute Gasteiger partial charge is 0.494 e. The molecule has 0 saturated heterocycles. The highest BCUT2D eigenvalue weighted by atomic mass is 16.5. The zero-order chi connectivity index (χ0) is 13.8. The van der Waals surface area contributed by atoms with Gasteiger partial charge in [-0.25, -0.2) is 0 Å². The summed E-state index contributed by atoms with van der Waals surface area (Å²) in [4.78, 5) is 10.8. The molecule has 1 unspecified atom stereocenters. The first-order valence-electron chi connectivity index (χ1n) is 6.22. The molecular weight excluding hydrogens is 246 g/mol. The Morgan fingerprint density at radius 3 is 2.89 bits per heavy atom. The van der Waals surface area contributed by atoms with Gasteiger partial charge in [0.15, 0.2) is 0 Å². The SMILES string of the molecule is CCOc1ccc2oc(C(CN)CC(=O)O)cc2c1. The van der Waals surface area contributed by atoms with Crippen molar-refractivity contribution in [2.75, 3.05) is 13.2 Å². The summed E-state index contributed by atoms with van der Waals surface area (Å²) in [5.74, 6) is 0.185. The normalized spacial score (nSPS) is 12.5. The maximum Gasteiger partial charge on any atom is 0.304 e. The molecule has 0 aliphatic carbocycles. The van der Waals surface area contributed by atoms with E-state index in [1.807, 2.05) is 31.2 Å². The molecule has 1 heterocycles. The lowest BCUT2D eigenvalue weighted by molar-refractivity contribution is -0.137. The first kappa shape index (κ1) is 13.4. The number of carbonyl (C=O) groups is 1. The predicted octanol–water partition coefficient (Wildman–Crippen LogP) is 2.35. The molecule has 0 amide bonds. The number of ether oxygens (including phenoxy) is 1. The molecule has 1 aromatic carbocycles. The fraction of sp³-hybridized carbons (Fsp3) is 0.357. The standard InChI is InChI=1S/C14H17NO4/c1-2-18-11-3-4-12-9(5-11)6-13(19-12)10(8-15)7-14(16)17/h3-6,10H,2,7-8,15H2,1H3,(H,16,17). The quantitative estimate of drug-likeness (QED) is 0.835. The van der Waals surface area contributed by atoms with Gasteiger partial charge in [-0.05, 0) is 31.2 Å². The number of hydrogen-bond donors (Lipinski definition) is 2. The Hall–Kier alpha value is -2.01. The molecule has 0 saturated carbocycles. The number of carboxylic acid groups (broad SMARTS) is 1. The molecule has 0 bridgehead atoms. The molecule has 3 N–H and O–H groups in total. The Labute approximate surface area is 111 Å². The highest BCUT2D eigenvalue weighted by Crippen LogP contribution is 2.29. The Balaban J connectivity index is 2.31. The summed E-state index contributed by atoms with van der Waals surface area (Å²) in [6.07, 6.45) is -0.0331. The van der Waals surface area contributed by atoms with Gasteiger partial charge in [0, 0.05) is 17.8 Å². The number of rotatable bonds is 6. The average molecular weight is 263 g/mol. The molecule has 2 rings (SSSR count). The zero-order valence-electron chi connectivity index (χ0n) is 10.8. The molecular formula is C14H17NO4. The van der Waals surface area contributed by atoms with E-state index in [0.717, 1.165) is 11.1 Å². The molecule has 5 heteroatoms. The zero-order valence-corrected chi connectivity index (χ0v) is 10.8. The number of fused-ring (bicyclic) bond motifs is 1. The summed E-state index contributed by atoms with van der Waals surface area (Å²) in [5.41, 5.74) is 6.31. The van der Waals surface area contributed by atoms with Crippen LogP contribution < -0.4 is 10.5 Å². The van der Waals surface area contributed by atoms with Crippen LogP contribution in [0.5, 0.6) is 5.75 Å². The maximum atomic E-state index is 10.8. The van der Waals surface area contributed by atoms with Crippen molar-refractivity contribution in [2.24, 2.45) is 5.73 Å². The number of nitrogens with two attached hydrogens (primary N) is 1. The molecule has 0 fully saturated rings. The second kappa shape index (κ2) is 5.75. The van der Waals surface area contributed by atoms with Gasteiger partial charge in [0.05, 0.1) is 13.0 Å². The highest BCUT2D eigenvalue weighted by molar-refractivity contribution is 5.80. The minimum Gasteiger partial charge on any atom is -0.494 e. The van der Waals surface area contributed by atoms with E-state index < -0.39 is 5.97 Å². The van der Waals surface area contributed by atoms with E-state index in [4.69, 9.17) is 20.0 Å². The predicted molar refractivity (Wildman–Crippen MR) is 71.4 cm³/mol. The third kappa shape index (κ3) is 3.06. The molecule has 0 radical (unpaired) electrons. The van der Waals surface area contributed by atoms with Crippen LogP contribution in [-0.2, 0) is 4.79 Å². The number of benzene rings is 1. The monoisotopic (exact) mass is 263 g/mol. The van der Waals surface area contributed by atoms with Crippen molar-refractivity contribution in [1.82, 2.24) is 0 Å². The lowest BCUT2D eigenvalue weighted by atomic mass is 10.0. The van der Waals surface area contributed by atoms with Gasteiger partial charge in [0.1, 0.15) is 17.1 Å². The summed E-state index contributed by atoms with van der Waals surface area (Å²) in [6, 6.07) is 7.35. The third-order valence-electron chi connectivity index (χ3n) is 2.93. The molecule has 0 aliphatic rings. The summed E-state index contributed by atoms with van der Waals surface area (Å²) >= 11 is 0. The fourth-order valence-corrected chi connectivity index (χ4v) is 2.01. The average Bonchev–Trinajstić information content (AvgIpc) is 2.79. The van der Waals surface area contributed by atoms with E-state index in [0.29, 0.717) is 18.0 Å². The summed E-state index contributed by atoms with van der Waals surface area (Å²) in [5, 5.41) is 9.74. The minimum atomic E-state index is -0.883. The van der Waals surface area contributed by atoms with Crippen LogP contribution in [0.1, 0.15) is 25.0 Å². The molecule has 1 atom stereocenters. The Morgan fingerprint density at radius 2 is 2.26 bits per heavy atom. The number of aliphatic carboxylic acids is 1. The van der Waals surface area contributed by atoms with E-state index in [9.17, 15) is 4.79 Å². The van der Waals surface area contributed by atoms with Gasteiger partial charge >= 0.3 is 5.97 Å². The van der Waals surface area contributed by atoms with Crippen molar-refractivity contribution in [1.29, 1.82) is 0 Å². The van der Waals surface area contributed by atoms with Gasteiger partial charge in [-0.1, -0.05) is 0 Å². The molecule has 0 aliphatic heterocycles. The topological polar surface area (TPSA) is 85.7 Å². The molecule has 19 heavy (non-hydrogen) atoms. The number of carboxylic acids is 1. The van der Waals surface area contributed by atoms with E-state index in [2.05, 4.69) is 0 Å². The first-order chi connectivity index (χ1) is 9.13. The van der Waals surface area contributed by atoms with Crippen LogP contribution in [0.2, 0.25) is 0 Å². The molecule has 0 spiro atoms. The van der Waals surface area contributed by atoms with Crippen LogP contribution in [-0.4, -0.2) is 24.2 Å². The Kier molecular flexibility index (Phi) is 4.06. The molecule has 2 aromatic rings. The third-order valence-corrected chi connectivity index (χ3v) is 2.93. The Morgan fingerprint density at radius 1 is 1.47 bits per heavy atom. The number of hydrogen-bond acceptors (Lipinski definition) is 4. The van der Waals surface area contributed by atoms with Crippen molar-refractivity contribution in [3.05, 3.63) is 30.0 Å². The summed E-state index contributed by atoms with van der Waals surface area (Å²) in [7, 11) is 0. The second-order valence-electron chi connectivity index (χ2n) is 4.31. The van der Waals surface area contributed by atoms with Crippen LogP contribution in [0.4, 0.5) is 0 Å². The number of furan rings is 1. The van der Waals surface area contributed by atoms with Crippen molar-refractivity contribution in [3.63, 3.8) is 0 Å². The van der Waals surface area contributed by atoms with Gasteiger partial charge < -0.3 is 20.0 Å². The van der Waals surface area contributed by atoms with E-state index in [1.54, 1.807) is 0 Å². The first-order valence-corrected chi connectivity index (χ1v) is 6.22. The van der Waals surface area contributed by atoms with Crippen LogP contribution in [0, 0.1) is 0 Å². The van der Waals surface area contributed by atoms with E-state index >= 15 is 0 Å². The van der Waals surface area contributed by atoms with Crippen LogP contribution in [0.3, 0.4) is 0 Å². The minimum absolute atomic E-state index is 0.0331. The van der Waals surface area contributed by atoms with Crippen molar-refractivity contribution < 1.29 is 19.1 Å². The van der Waals surface area contributed by atoms with E-state index in [1.165, 1.54) is 0 Å². The van der Waals surface area contributed by atoms with Crippen LogP contribution in [0.15, 0.2) is 28.7 Å². The second-order valence-corrected chi connectivity index (χ2v) is 4.31. The van der Waals surface area contributed by atoms with Crippen LogP contribution in [0.25, 0.3) is 11.0 Å². The van der Waals surface area contributed by atoms with E-state index in [-0.39, 0.29) is 18.9 Å². The van der Waals surface area contributed by atoms with Gasteiger partial charge in [0.25, 0.3) is 0 Å². The lowest BCUT2D eigenvalue weighted by Crippen LogP contribution is -2.15.